The molecule has 30 heavy (non-hydrogen) atoms. The Morgan fingerprint density at radius 2 is 1.73 bits per heavy atom. The van der Waals surface area contributed by atoms with Crippen molar-refractivity contribution in [2.75, 3.05) is 17.2 Å². The standard InChI is InChI=1S/C22H24N2O5S/c25-17(12-19-21(28)20(27)18(26)13-29-19)10-9-14-5-4-8-16(11-14)24-22(30)23-15-6-2-1-3-7-15/h1-11,18-21,26-28H,12-13H2,(H2,23,24,30)/b10-9+/t18-,19+,20+,21+/m1/s1. The van der Waals surface area contributed by atoms with Crippen LogP contribution < -0.4 is 10.6 Å². The molecule has 0 radical (unpaired) electrons. The van der Waals surface area contributed by atoms with Gasteiger partial charge in [0.25, 0.3) is 0 Å². The predicted molar refractivity (Wildman–Crippen MR) is 119 cm³/mol. The molecule has 0 aliphatic carbocycles. The molecule has 0 bridgehead atoms. The molecule has 1 heterocycles. The molecule has 0 spiro atoms. The number of thiocarbonyl (C=S) groups is 1. The first-order valence-electron chi connectivity index (χ1n) is 9.52. The van der Waals surface area contributed by atoms with Crippen LogP contribution in [-0.2, 0) is 9.53 Å². The zero-order valence-corrected chi connectivity index (χ0v) is 17.0. The van der Waals surface area contributed by atoms with Gasteiger partial charge in [0, 0.05) is 17.8 Å². The van der Waals surface area contributed by atoms with Gasteiger partial charge in [-0.15, -0.1) is 0 Å². The molecule has 3 rings (SSSR count). The number of rotatable bonds is 6. The Labute approximate surface area is 180 Å². The molecular weight excluding hydrogens is 404 g/mol. The Balaban J connectivity index is 1.54. The van der Waals surface area contributed by atoms with Crippen LogP contribution in [0.4, 0.5) is 11.4 Å². The van der Waals surface area contributed by atoms with Crippen molar-refractivity contribution in [1.82, 2.24) is 0 Å². The summed E-state index contributed by atoms with van der Waals surface area (Å²) < 4.78 is 5.26. The fraction of sp³-hybridized carbons (Fsp3) is 0.273. The van der Waals surface area contributed by atoms with Crippen LogP contribution in [0.1, 0.15) is 12.0 Å². The Morgan fingerprint density at radius 3 is 2.50 bits per heavy atom. The van der Waals surface area contributed by atoms with Gasteiger partial charge in [0.15, 0.2) is 10.9 Å². The number of aliphatic hydroxyl groups is 3. The van der Waals surface area contributed by atoms with Crippen molar-refractivity contribution in [3.8, 4) is 0 Å². The zero-order chi connectivity index (χ0) is 21.5. The van der Waals surface area contributed by atoms with Crippen LogP contribution in [0.3, 0.4) is 0 Å². The van der Waals surface area contributed by atoms with E-state index in [1.54, 1.807) is 6.08 Å². The van der Waals surface area contributed by atoms with Gasteiger partial charge < -0.3 is 30.7 Å². The third-order valence-corrected chi connectivity index (χ3v) is 4.85. The van der Waals surface area contributed by atoms with Crippen LogP contribution in [0.15, 0.2) is 60.7 Å². The van der Waals surface area contributed by atoms with Crippen molar-refractivity contribution < 1.29 is 24.9 Å². The monoisotopic (exact) mass is 428 g/mol. The van der Waals surface area contributed by atoms with Crippen molar-refractivity contribution in [2.24, 2.45) is 0 Å². The van der Waals surface area contributed by atoms with Crippen molar-refractivity contribution in [3.05, 3.63) is 66.2 Å². The summed E-state index contributed by atoms with van der Waals surface area (Å²) >= 11 is 5.32. The molecule has 158 valence electrons. The van der Waals surface area contributed by atoms with Crippen molar-refractivity contribution in [2.45, 2.75) is 30.8 Å². The van der Waals surface area contributed by atoms with Crippen LogP contribution in [0.5, 0.6) is 0 Å². The third kappa shape index (κ3) is 6.19. The van der Waals surface area contributed by atoms with Crippen LogP contribution >= 0.6 is 12.2 Å². The van der Waals surface area contributed by atoms with E-state index in [9.17, 15) is 20.1 Å². The van der Waals surface area contributed by atoms with E-state index in [1.165, 1.54) is 6.08 Å². The highest BCUT2D eigenvalue weighted by molar-refractivity contribution is 7.80. The second-order valence-corrected chi connectivity index (χ2v) is 7.40. The van der Waals surface area contributed by atoms with E-state index in [-0.39, 0.29) is 18.8 Å². The first kappa shape index (κ1) is 22.1. The molecule has 2 aromatic rings. The van der Waals surface area contributed by atoms with Gasteiger partial charge in [0.1, 0.15) is 18.3 Å². The summed E-state index contributed by atoms with van der Waals surface area (Å²) in [5, 5.41) is 35.7. The topological polar surface area (TPSA) is 111 Å². The molecule has 1 aliphatic heterocycles. The van der Waals surface area contributed by atoms with Gasteiger partial charge >= 0.3 is 0 Å². The van der Waals surface area contributed by atoms with E-state index < -0.39 is 24.4 Å². The number of aliphatic hydroxyl groups excluding tert-OH is 3. The van der Waals surface area contributed by atoms with Crippen LogP contribution in [0.2, 0.25) is 0 Å². The molecule has 1 aliphatic rings. The van der Waals surface area contributed by atoms with Crippen LogP contribution in [0, 0.1) is 0 Å². The first-order valence-corrected chi connectivity index (χ1v) is 9.93. The highest BCUT2D eigenvalue weighted by Crippen LogP contribution is 2.19. The lowest BCUT2D eigenvalue weighted by atomic mass is 9.96. The summed E-state index contributed by atoms with van der Waals surface area (Å²) in [5.41, 5.74) is 2.43. The van der Waals surface area contributed by atoms with E-state index in [4.69, 9.17) is 17.0 Å². The second-order valence-electron chi connectivity index (χ2n) is 6.99. The molecule has 0 aromatic heterocycles. The second kappa shape index (κ2) is 10.4. The van der Waals surface area contributed by atoms with E-state index in [0.717, 1.165) is 16.9 Å². The summed E-state index contributed by atoms with van der Waals surface area (Å²) in [6.07, 6.45) is -1.68. The maximum absolute atomic E-state index is 12.2. The number of hydrogen-bond donors (Lipinski definition) is 5. The summed E-state index contributed by atoms with van der Waals surface area (Å²) in [4.78, 5) is 12.2. The van der Waals surface area contributed by atoms with E-state index in [1.807, 2.05) is 54.6 Å². The van der Waals surface area contributed by atoms with Crippen molar-refractivity contribution in [1.29, 1.82) is 0 Å². The molecular formula is C22H24N2O5S. The Morgan fingerprint density at radius 1 is 1.03 bits per heavy atom. The molecule has 8 heteroatoms. The Bertz CT molecular complexity index is 905. The Kier molecular flexibility index (Phi) is 7.67. The first-order chi connectivity index (χ1) is 14.4. The van der Waals surface area contributed by atoms with E-state index in [0.29, 0.717) is 5.11 Å². The molecule has 1 saturated heterocycles. The number of allylic oxidation sites excluding steroid dienone is 1. The summed E-state index contributed by atoms with van der Waals surface area (Å²) in [7, 11) is 0. The largest absolute Gasteiger partial charge is 0.388 e. The number of carbonyl (C=O) groups excluding carboxylic acids is 1. The normalized spacial score (nSPS) is 23.8. The maximum Gasteiger partial charge on any atom is 0.175 e. The highest BCUT2D eigenvalue weighted by Gasteiger charge is 2.37. The Hall–Kier alpha value is -2.62. The molecule has 1 fully saturated rings. The maximum atomic E-state index is 12.2. The number of anilines is 2. The number of ketones is 1. The molecule has 2 aromatic carbocycles. The predicted octanol–water partition coefficient (Wildman–Crippen LogP) is 1.95. The fourth-order valence-corrected chi connectivity index (χ4v) is 3.27. The molecule has 0 unspecified atom stereocenters. The quantitative estimate of drug-likeness (QED) is 0.351. The van der Waals surface area contributed by atoms with E-state index in [2.05, 4.69) is 10.6 Å². The van der Waals surface area contributed by atoms with Crippen molar-refractivity contribution in [3.63, 3.8) is 0 Å². The lowest BCUT2D eigenvalue weighted by Crippen LogP contribution is -2.53. The number of hydrogen-bond acceptors (Lipinski definition) is 6. The number of para-hydroxylation sites is 1. The van der Waals surface area contributed by atoms with Crippen LogP contribution in [-0.4, -0.2) is 57.2 Å². The average Bonchev–Trinajstić information content (AvgIpc) is 2.73. The van der Waals surface area contributed by atoms with Gasteiger partial charge in [-0.2, -0.15) is 0 Å². The fourth-order valence-electron chi connectivity index (χ4n) is 3.04. The lowest BCUT2D eigenvalue weighted by Gasteiger charge is -2.34. The van der Waals surface area contributed by atoms with Crippen LogP contribution in [0.25, 0.3) is 6.08 Å². The summed E-state index contributed by atoms with van der Waals surface area (Å²) in [6.45, 7) is -0.121. The minimum absolute atomic E-state index is 0.0928. The number of carbonyl (C=O) groups is 1. The van der Waals surface area contributed by atoms with Gasteiger partial charge in [0.2, 0.25) is 0 Å². The van der Waals surface area contributed by atoms with Crippen molar-refractivity contribution >= 4 is 40.6 Å². The molecule has 0 amide bonds. The van der Waals surface area contributed by atoms with Gasteiger partial charge in [-0.3, -0.25) is 4.79 Å². The summed E-state index contributed by atoms with van der Waals surface area (Å²) in [5.74, 6) is -0.262. The lowest BCUT2D eigenvalue weighted by molar-refractivity contribution is -0.188. The van der Waals surface area contributed by atoms with Gasteiger partial charge in [-0.05, 0) is 48.1 Å². The molecule has 4 atom stereocenters. The number of ether oxygens (including phenoxy) is 1. The van der Waals surface area contributed by atoms with Gasteiger partial charge in [0.05, 0.1) is 12.7 Å². The SMILES string of the molecule is O=C(/C=C/c1cccc(NC(=S)Nc2ccccc2)c1)C[C@@H]1OC[C@@H](O)[C@H](O)[C@H]1O. The average molecular weight is 429 g/mol. The molecule has 5 N–H and O–H groups in total. The number of benzene rings is 2. The summed E-state index contributed by atoms with van der Waals surface area (Å²) in [6, 6.07) is 16.9. The molecule has 0 saturated carbocycles. The smallest absolute Gasteiger partial charge is 0.175 e. The number of nitrogens with one attached hydrogen (secondary N) is 2. The van der Waals surface area contributed by atoms with Gasteiger partial charge in [-0.25, -0.2) is 0 Å². The molecule has 7 nitrogen and oxygen atoms in total. The van der Waals surface area contributed by atoms with E-state index >= 15 is 0 Å². The highest BCUT2D eigenvalue weighted by atomic mass is 32.1. The zero-order valence-electron chi connectivity index (χ0n) is 16.1. The third-order valence-electron chi connectivity index (χ3n) is 4.65. The van der Waals surface area contributed by atoms with Gasteiger partial charge in [-0.1, -0.05) is 36.4 Å². The minimum Gasteiger partial charge on any atom is -0.388 e. The minimum atomic E-state index is -1.32.